The van der Waals surface area contributed by atoms with Crippen LogP contribution in [0.5, 0.6) is 0 Å². The summed E-state index contributed by atoms with van der Waals surface area (Å²) in [5.74, 6) is 5.23. The Bertz CT molecular complexity index is 473. The first-order valence-corrected chi connectivity index (χ1v) is 5.40. The molecule has 0 aliphatic heterocycles. The molecule has 0 spiro atoms. The summed E-state index contributed by atoms with van der Waals surface area (Å²) < 4.78 is 13.6. The van der Waals surface area contributed by atoms with Crippen LogP contribution < -0.4 is 11.3 Å². The van der Waals surface area contributed by atoms with Crippen molar-refractivity contribution in [2.24, 2.45) is 5.84 Å². The molecule has 2 aromatic rings. The van der Waals surface area contributed by atoms with Crippen LogP contribution in [-0.2, 0) is 6.42 Å². The number of nitrogens with two attached hydrogens (primary N) is 1. The molecule has 1 aromatic heterocycles. The molecule has 0 aliphatic rings. The molecule has 1 heterocycles. The van der Waals surface area contributed by atoms with Gasteiger partial charge in [0.25, 0.3) is 0 Å². The van der Waals surface area contributed by atoms with Crippen molar-refractivity contribution in [3.05, 3.63) is 65.7 Å². The summed E-state index contributed by atoms with van der Waals surface area (Å²) >= 11 is 0. The number of nitrogens with one attached hydrogen (secondary N) is 1. The third-order valence-electron chi connectivity index (χ3n) is 2.64. The third-order valence-corrected chi connectivity index (χ3v) is 2.64. The highest BCUT2D eigenvalue weighted by Crippen LogP contribution is 2.19. The van der Waals surface area contributed by atoms with Crippen molar-refractivity contribution in [1.29, 1.82) is 0 Å². The fraction of sp³-hybridized carbons (Fsp3) is 0.154. The Morgan fingerprint density at radius 3 is 2.71 bits per heavy atom. The lowest BCUT2D eigenvalue weighted by Crippen LogP contribution is -2.30. The average Bonchev–Trinajstić information content (AvgIpc) is 2.38. The van der Waals surface area contributed by atoms with Crippen molar-refractivity contribution in [3.8, 4) is 0 Å². The number of hydrogen-bond donors (Lipinski definition) is 2. The number of rotatable bonds is 4. The SMILES string of the molecule is NNC(Cc1cccnc1)c1ccccc1F. The molecular weight excluding hydrogens is 217 g/mol. The Morgan fingerprint density at radius 2 is 2.06 bits per heavy atom. The largest absolute Gasteiger partial charge is 0.271 e. The minimum absolute atomic E-state index is 0.250. The highest BCUT2D eigenvalue weighted by atomic mass is 19.1. The summed E-state index contributed by atoms with van der Waals surface area (Å²) in [6.45, 7) is 0. The number of nitrogens with zero attached hydrogens (tertiary/aromatic N) is 1. The minimum atomic E-state index is -0.251. The van der Waals surface area contributed by atoms with Crippen LogP contribution >= 0.6 is 0 Å². The second-order valence-electron chi connectivity index (χ2n) is 3.81. The van der Waals surface area contributed by atoms with E-state index in [9.17, 15) is 4.39 Å². The topological polar surface area (TPSA) is 50.9 Å². The van der Waals surface area contributed by atoms with Gasteiger partial charge >= 0.3 is 0 Å². The van der Waals surface area contributed by atoms with Gasteiger partial charge in [0, 0.05) is 18.0 Å². The third kappa shape index (κ3) is 2.87. The molecule has 17 heavy (non-hydrogen) atoms. The van der Waals surface area contributed by atoms with Crippen LogP contribution in [0, 0.1) is 5.82 Å². The van der Waals surface area contributed by atoms with E-state index in [1.54, 1.807) is 30.6 Å². The van der Waals surface area contributed by atoms with E-state index in [0.717, 1.165) is 5.56 Å². The van der Waals surface area contributed by atoms with Crippen molar-refractivity contribution >= 4 is 0 Å². The molecule has 3 N–H and O–H groups in total. The Balaban J connectivity index is 2.21. The van der Waals surface area contributed by atoms with Crippen LogP contribution in [0.2, 0.25) is 0 Å². The van der Waals surface area contributed by atoms with Crippen molar-refractivity contribution in [2.45, 2.75) is 12.5 Å². The molecule has 1 unspecified atom stereocenters. The molecule has 88 valence electrons. The standard InChI is InChI=1S/C13H14FN3/c14-12-6-2-1-5-11(12)13(17-15)8-10-4-3-7-16-9-10/h1-7,9,13,17H,8,15H2. The lowest BCUT2D eigenvalue weighted by atomic mass is 10.00. The lowest BCUT2D eigenvalue weighted by Gasteiger charge is -2.16. The van der Waals surface area contributed by atoms with E-state index < -0.39 is 0 Å². The maximum Gasteiger partial charge on any atom is 0.128 e. The first-order valence-electron chi connectivity index (χ1n) is 5.40. The van der Waals surface area contributed by atoms with E-state index in [-0.39, 0.29) is 11.9 Å². The molecule has 1 aromatic carbocycles. The first kappa shape index (κ1) is 11.7. The number of halogens is 1. The molecular formula is C13H14FN3. The van der Waals surface area contributed by atoms with Crippen LogP contribution in [0.4, 0.5) is 4.39 Å². The van der Waals surface area contributed by atoms with E-state index in [4.69, 9.17) is 5.84 Å². The van der Waals surface area contributed by atoms with E-state index in [1.165, 1.54) is 6.07 Å². The molecule has 0 bridgehead atoms. The monoisotopic (exact) mass is 231 g/mol. The zero-order valence-corrected chi connectivity index (χ0v) is 9.31. The van der Waals surface area contributed by atoms with E-state index >= 15 is 0 Å². The zero-order chi connectivity index (χ0) is 12.1. The molecule has 0 radical (unpaired) electrons. The van der Waals surface area contributed by atoms with Crippen LogP contribution in [0.1, 0.15) is 17.2 Å². The van der Waals surface area contributed by atoms with Crippen molar-refractivity contribution in [3.63, 3.8) is 0 Å². The van der Waals surface area contributed by atoms with Crippen LogP contribution in [-0.4, -0.2) is 4.98 Å². The number of hydrazine groups is 1. The van der Waals surface area contributed by atoms with Crippen LogP contribution in [0.3, 0.4) is 0 Å². The Hall–Kier alpha value is -1.78. The van der Waals surface area contributed by atoms with Crippen LogP contribution in [0.15, 0.2) is 48.8 Å². The summed E-state index contributed by atoms with van der Waals surface area (Å²) in [5.41, 5.74) is 4.22. The highest BCUT2D eigenvalue weighted by Gasteiger charge is 2.14. The van der Waals surface area contributed by atoms with Gasteiger partial charge in [-0.3, -0.25) is 16.3 Å². The van der Waals surface area contributed by atoms with Gasteiger partial charge < -0.3 is 0 Å². The summed E-state index contributed by atoms with van der Waals surface area (Å²) in [6, 6.07) is 10.2. The van der Waals surface area contributed by atoms with Gasteiger partial charge in [-0.15, -0.1) is 0 Å². The van der Waals surface area contributed by atoms with Gasteiger partial charge in [-0.2, -0.15) is 0 Å². The zero-order valence-electron chi connectivity index (χ0n) is 9.31. The van der Waals surface area contributed by atoms with Gasteiger partial charge in [0.05, 0.1) is 6.04 Å². The summed E-state index contributed by atoms with van der Waals surface area (Å²) in [7, 11) is 0. The Labute approximate surface area is 99.5 Å². The summed E-state index contributed by atoms with van der Waals surface area (Å²) in [5, 5.41) is 0. The lowest BCUT2D eigenvalue weighted by molar-refractivity contribution is 0.510. The first-order chi connectivity index (χ1) is 8.31. The summed E-state index contributed by atoms with van der Waals surface area (Å²) in [4.78, 5) is 4.03. The summed E-state index contributed by atoms with van der Waals surface area (Å²) in [6.07, 6.45) is 4.06. The van der Waals surface area contributed by atoms with Gasteiger partial charge in [-0.05, 0) is 24.1 Å². The molecule has 4 heteroatoms. The molecule has 3 nitrogen and oxygen atoms in total. The normalized spacial score (nSPS) is 12.4. The number of aromatic nitrogens is 1. The fourth-order valence-electron chi connectivity index (χ4n) is 1.77. The average molecular weight is 231 g/mol. The Kier molecular flexibility index (Phi) is 3.80. The van der Waals surface area contributed by atoms with E-state index in [0.29, 0.717) is 12.0 Å². The quantitative estimate of drug-likeness (QED) is 0.624. The van der Waals surface area contributed by atoms with E-state index in [2.05, 4.69) is 10.4 Å². The molecule has 0 saturated heterocycles. The maximum absolute atomic E-state index is 13.6. The highest BCUT2D eigenvalue weighted by molar-refractivity contribution is 5.23. The van der Waals surface area contributed by atoms with Crippen molar-refractivity contribution < 1.29 is 4.39 Å². The van der Waals surface area contributed by atoms with Gasteiger partial charge in [-0.1, -0.05) is 24.3 Å². The predicted octanol–water partition coefficient (Wildman–Crippen LogP) is 1.97. The van der Waals surface area contributed by atoms with Gasteiger partial charge in [-0.25, -0.2) is 4.39 Å². The van der Waals surface area contributed by atoms with Gasteiger partial charge in [0.1, 0.15) is 5.82 Å². The molecule has 2 rings (SSSR count). The molecule has 0 aliphatic carbocycles. The molecule has 0 amide bonds. The number of benzene rings is 1. The fourth-order valence-corrected chi connectivity index (χ4v) is 1.77. The minimum Gasteiger partial charge on any atom is -0.271 e. The smallest absolute Gasteiger partial charge is 0.128 e. The predicted molar refractivity (Wildman–Crippen MR) is 64.4 cm³/mol. The van der Waals surface area contributed by atoms with Gasteiger partial charge in [0.2, 0.25) is 0 Å². The molecule has 0 saturated carbocycles. The second kappa shape index (κ2) is 5.52. The van der Waals surface area contributed by atoms with Crippen LogP contribution in [0.25, 0.3) is 0 Å². The number of pyridine rings is 1. The van der Waals surface area contributed by atoms with Gasteiger partial charge in [0.15, 0.2) is 0 Å². The van der Waals surface area contributed by atoms with E-state index in [1.807, 2.05) is 12.1 Å². The van der Waals surface area contributed by atoms with Crippen molar-refractivity contribution in [1.82, 2.24) is 10.4 Å². The van der Waals surface area contributed by atoms with Crippen molar-refractivity contribution in [2.75, 3.05) is 0 Å². The maximum atomic E-state index is 13.6. The Morgan fingerprint density at radius 1 is 1.24 bits per heavy atom. The second-order valence-corrected chi connectivity index (χ2v) is 3.81. The molecule has 0 fully saturated rings. The molecule has 1 atom stereocenters. The number of hydrogen-bond acceptors (Lipinski definition) is 3.